The lowest BCUT2D eigenvalue weighted by Crippen LogP contribution is -1.87. The fourth-order valence-electron chi connectivity index (χ4n) is 0.458. The van der Waals surface area contributed by atoms with Crippen molar-refractivity contribution in [3.05, 3.63) is 35.0 Å². The van der Waals surface area contributed by atoms with E-state index in [1.807, 2.05) is 6.92 Å². The predicted molar refractivity (Wildman–Crippen MR) is 40.1 cm³/mol. The minimum Gasteiger partial charge on any atom is -0.259 e. The Hall–Kier alpha value is -1.12. The van der Waals surface area contributed by atoms with E-state index in [4.69, 9.17) is 0 Å². The zero-order valence-corrected chi connectivity index (χ0v) is 5.99. The molecule has 0 fully saturated rings. The van der Waals surface area contributed by atoms with Crippen molar-refractivity contribution in [1.82, 2.24) is 0 Å². The molecule has 0 rings (SSSR count). The molecule has 0 radical (unpaired) electrons. The minimum absolute atomic E-state index is 0.316. The van der Waals surface area contributed by atoms with Crippen molar-refractivity contribution >= 4 is 0 Å². The molecule has 0 N–H and O–H groups in total. The molecule has 1 atom stereocenters. The van der Waals surface area contributed by atoms with Crippen LogP contribution < -0.4 is 0 Å². The Morgan fingerprint density at radius 2 is 2.40 bits per heavy atom. The van der Waals surface area contributed by atoms with Crippen molar-refractivity contribution in [3.8, 4) is 0 Å². The fourth-order valence-corrected chi connectivity index (χ4v) is 0.458. The van der Waals surface area contributed by atoms with E-state index in [0.717, 1.165) is 6.20 Å². The molecule has 3 heteroatoms. The fraction of sp³-hybridized carbons (Fsp3) is 0.429. The summed E-state index contributed by atoms with van der Waals surface area (Å²) in [4.78, 5) is 9.30. The molecule has 56 valence electrons. The van der Waals surface area contributed by atoms with Crippen LogP contribution in [-0.2, 0) is 0 Å². The van der Waals surface area contributed by atoms with Gasteiger partial charge in [0.1, 0.15) is 0 Å². The number of hydrogen-bond donors (Lipinski definition) is 0. The van der Waals surface area contributed by atoms with E-state index in [-0.39, 0.29) is 0 Å². The third-order valence-electron chi connectivity index (χ3n) is 1.14. The largest absolute Gasteiger partial charge is 0.259 e. The average Bonchev–Trinajstić information content (AvgIpc) is 1.87. The van der Waals surface area contributed by atoms with Gasteiger partial charge >= 0.3 is 0 Å². The third-order valence-corrected chi connectivity index (χ3v) is 1.14. The van der Waals surface area contributed by atoms with Crippen LogP contribution in [-0.4, -0.2) is 4.92 Å². The predicted octanol–water partition coefficient (Wildman–Crippen LogP) is 1.99. The van der Waals surface area contributed by atoms with Crippen LogP contribution in [0.1, 0.15) is 13.3 Å². The second kappa shape index (κ2) is 4.73. The summed E-state index contributed by atoms with van der Waals surface area (Å²) >= 11 is 0. The molecule has 3 nitrogen and oxygen atoms in total. The summed E-state index contributed by atoms with van der Waals surface area (Å²) in [7, 11) is 0. The van der Waals surface area contributed by atoms with Gasteiger partial charge < -0.3 is 0 Å². The highest BCUT2D eigenvalue weighted by atomic mass is 16.6. The van der Waals surface area contributed by atoms with Crippen molar-refractivity contribution < 1.29 is 4.92 Å². The van der Waals surface area contributed by atoms with Gasteiger partial charge in [0.2, 0.25) is 6.20 Å². The Balaban J connectivity index is 3.52. The van der Waals surface area contributed by atoms with Crippen LogP contribution in [0.3, 0.4) is 0 Å². The van der Waals surface area contributed by atoms with Gasteiger partial charge in [0.25, 0.3) is 0 Å². The standard InChI is InChI=1S/C7H11NO2/c1-3-7(2)5-4-6-8(9)10/h3-4,6-7H,1,5H2,2H3/b6-4+. The van der Waals surface area contributed by atoms with Crippen LogP contribution in [0, 0.1) is 16.0 Å². The maximum absolute atomic E-state index is 9.76. The van der Waals surface area contributed by atoms with Crippen LogP contribution in [0.25, 0.3) is 0 Å². The molecule has 0 aliphatic rings. The van der Waals surface area contributed by atoms with Gasteiger partial charge in [-0.05, 0) is 18.4 Å². The first-order valence-corrected chi connectivity index (χ1v) is 3.09. The second-order valence-corrected chi connectivity index (χ2v) is 2.12. The Labute approximate surface area is 60.2 Å². The van der Waals surface area contributed by atoms with E-state index in [9.17, 15) is 10.1 Å². The molecular formula is C7H11NO2. The van der Waals surface area contributed by atoms with Gasteiger partial charge in [0.05, 0.1) is 4.92 Å². The zero-order valence-electron chi connectivity index (χ0n) is 5.99. The summed E-state index contributed by atoms with van der Waals surface area (Å²) in [5.41, 5.74) is 0. The zero-order chi connectivity index (χ0) is 7.98. The molecule has 0 aromatic rings. The topological polar surface area (TPSA) is 43.1 Å². The molecule has 0 aromatic heterocycles. The molecule has 0 amide bonds. The maximum Gasteiger partial charge on any atom is 0.230 e. The van der Waals surface area contributed by atoms with Crippen LogP contribution in [0.4, 0.5) is 0 Å². The Morgan fingerprint density at radius 1 is 1.80 bits per heavy atom. The first-order chi connectivity index (χ1) is 4.66. The van der Waals surface area contributed by atoms with Crippen molar-refractivity contribution in [2.45, 2.75) is 13.3 Å². The van der Waals surface area contributed by atoms with E-state index in [2.05, 4.69) is 6.58 Å². The van der Waals surface area contributed by atoms with E-state index in [0.29, 0.717) is 12.3 Å². The lowest BCUT2D eigenvalue weighted by Gasteiger charge is -1.95. The first kappa shape index (κ1) is 8.88. The molecule has 0 heterocycles. The number of allylic oxidation sites excluding steroid dienone is 2. The van der Waals surface area contributed by atoms with E-state index in [1.165, 1.54) is 6.08 Å². The molecule has 0 saturated heterocycles. The summed E-state index contributed by atoms with van der Waals surface area (Å²) in [6.07, 6.45) is 4.95. The number of nitrogens with zero attached hydrogens (tertiary/aromatic N) is 1. The van der Waals surface area contributed by atoms with Gasteiger partial charge in [-0.2, -0.15) is 0 Å². The van der Waals surface area contributed by atoms with Crippen molar-refractivity contribution in [1.29, 1.82) is 0 Å². The van der Waals surface area contributed by atoms with Gasteiger partial charge in [-0.25, -0.2) is 0 Å². The first-order valence-electron chi connectivity index (χ1n) is 3.09. The minimum atomic E-state index is -0.462. The third kappa shape index (κ3) is 5.03. The number of nitro groups is 1. The van der Waals surface area contributed by atoms with Crippen molar-refractivity contribution in [2.24, 2.45) is 5.92 Å². The van der Waals surface area contributed by atoms with Gasteiger partial charge in [-0.15, -0.1) is 6.58 Å². The molecule has 0 aliphatic carbocycles. The van der Waals surface area contributed by atoms with Gasteiger partial charge in [-0.3, -0.25) is 10.1 Å². The van der Waals surface area contributed by atoms with Crippen LogP contribution in [0.15, 0.2) is 24.9 Å². The smallest absolute Gasteiger partial charge is 0.230 e. The molecule has 0 spiro atoms. The molecule has 0 aromatic carbocycles. The molecule has 0 aliphatic heterocycles. The Morgan fingerprint density at radius 3 is 2.80 bits per heavy atom. The van der Waals surface area contributed by atoms with Gasteiger partial charge in [0, 0.05) is 0 Å². The SMILES string of the molecule is C=CC(C)C/C=C/[N+](=O)[O-]. The lowest BCUT2D eigenvalue weighted by molar-refractivity contribution is -0.402. The summed E-state index contributed by atoms with van der Waals surface area (Å²) in [6.45, 7) is 5.51. The summed E-state index contributed by atoms with van der Waals surface area (Å²) in [5, 5.41) is 9.76. The van der Waals surface area contributed by atoms with E-state index < -0.39 is 4.92 Å². The lowest BCUT2D eigenvalue weighted by atomic mass is 10.1. The van der Waals surface area contributed by atoms with E-state index in [1.54, 1.807) is 6.08 Å². The van der Waals surface area contributed by atoms with Gasteiger partial charge in [0.15, 0.2) is 0 Å². The number of rotatable bonds is 4. The second-order valence-electron chi connectivity index (χ2n) is 2.12. The number of hydrogen-bond acceptors (Lipinski definition) is 2. The molecule has 0 saturated carbocycles. The highest BCUT2D eigenvalue weighted by Gasteiger charge is 1.91. The van der Waals surface area contributed by atoms with E-state index >= 15 is 0 Å². The van der Waals surface area contributed by atoms with Crippen LogP contribution in [0.5, 0.6) is 0 Å². The Bertz CT molecular complexity index is 152. The van der Waals surface area contributed by atoms with Crippen LogP contribution in [0.2, 0.25) is 0 Å². The highest BCUT2D eigenvalue weighted by molar-refractivity contribution is 4.83. The van der Waals surface area contributed by atoms with Crippen molar-refractivity contribution in [3.63, 3.8) is 0 Å². The van der Waals surface area contributed by atoms with Gasteiger partial charge in [-0.1, -0.05) is 13.0 Å². The molecule has 1 unspecified atom stereocenters. The quantitative estimate of drug-likeness (QED) is 0.341. The molecule has 10 heavy (non-hydrogen) atoms. The maximum atomic E-state index is 9.76. The normalized spacial score (nSPS) is 13.3. The average molecular weight is 141 g/mol. The Kier molecular flexibility index (Phi) is 4.20. The molecular weight excluding hydrogens is 130 g/mol. The summed E-state index contributed by atoms with van der Waals surface area (Å²) in [5.74, 6) is 0.316. The van der Waals surface area contributed by atoms with Crippen LogP contribution >= 0.6 is 0 Å². The molecule has 0 bridgehead atoms. The summed E-state index contributed by atoms with van der Waals surface area (Å²) < 4.78 is 0. The monoisotopic (exact) mass is 141 g/mol. The van der Waals surface area contributed by atoms with Crippen molar-refractivity contribution in [2.75, 3.05) is 0 Å². The summed E-state index contributed by atoms with van der Waals surface area (Å²) in [6, 6.07) is 0. The highest BCUT2D eigenvalue weighted by Crippen LogP contribution is 2.02.